The van der Waals surface area contributed by atoms with E-state index in [1.165, 1.54) is 0 Å². The van der Waals surface area contributed by atoms with E-state index < -0.39 is 0 Å². The van der Waals surface area contributed by atoms with E-state index in [1.807, 2.05) is 18.2 Å². The van der Waals surface area contributed by atoms with Crippen LogP contribution >= 0.6 is 11.6 Å². The van der Waals surface area contributed by atoms with Gasteiger partial charge in [-0.3, -0.25) is 4.98 Å². The summed E-state index contributed by atoms with van der Waals surface area (Å²) in [4.78, 5) is 13.2. The molecule has 0 spiro atoms. The number of hydrogen-bond acceptors (Lipinski definition) is 3. The average molecular weight is 304 g/mol. The zero-order chi connectivity index (χ0) is 15.5. The quantitative estimate of drug-likeness (QED) is 0.812. The van der Waals surface area contributed by atoms with Gasteiger partial charge in [0.25, 0.3) is 0 Å². The van der Waals surface area contributed by atoms with Crippen LogP contribution in [0.15, 0.2) is 36.8 Å². The summed E-state index contributed by atoms with van der Waals surface area (Å²) in [5.74, 6) is 0.893. The van der Waals surface area contributed by atoms with Gasteiger partial charge in [0, 0.05) is 35.1 Å². The highest BCUT2D eigenvalue weighted by Crippen LogP contribution is 2.34. The minimum atomic E-state index is -0.0506. The molecule has 0 saturated carbocycles. The van der Waals surface area contributed by atoms with Crippen LogP contribution in [0.5, 0.6) is 0 Å². The second-order valence-electron chi connectivity index (χ2n) is 6.70. The Morgan fingerprint density at radius 1 is 0.905 bits per heavy atom. The minimum absolute atomic E-state index is 0.00333. The van der Waals surface area contributed by atoms with Crippen LogP contribution in [-0.2, 0) is 10.8 Å². The highest BCUT2D eigenvalue weighted by Gasteiger charge is 2.29. The molecule has 2 aromatic heterocycles. The normalized spacial score (nSPS) is 12.4. The summed E-state index contributed by atoms with van der Waals surface area (Å²) in [6.07, 6.45) is 7.32. The number of halogens is 1. The van der Waals surface area contributed by atoms with Crippen LogP contribution in [0.1, 0.15) is 52.1 Å². The second kappa shape index (κ2) is 6.10. The molecule has 4 heteroatoms. The molecule has 0 aliphatic carbocycles. The van der Waals surface area contributed by atoms with Gasteiger partial charge in [-0.1, -0.05) is 39.3 Å². The Morgan fingerprint density at radius 3 is 2.10 bits per heavy atom. The summed E-state index contributed by atoms with van der Waals surface area (Å²) in [7, 11) is 0. The number of aromatic nitrogens is 3. The molecule has 21 heavy (non-hydrogen) atoms. The standard InChI is InChI=1S/C17H22ClN3/c1-16(2,14-7-6-13(18)12-21-14)8-9-17(3,4)15-19-10-5-11-20-15/h5-7,10-12H,8-9H2,1-4H3. The van der Waals surface area contributed by atoms with Crippen LogP contribution in [-0.4, -0.2) is 15.0 Å². The molecule has 2 rings (SSSR count). The number of nitrogens with zero attached hydrogens (tertiary/aromatic N) is 3. The first kappa shape index (κ1) is 15.9. The molecule has 0 aliphatic heterocycles. The van der Waals surface area contributed by atoms with Crippen molar-refractivity contribution >= 4 is 11.6 Å². The predicted octanol–water partition coefficient (Wildman–Crippen LogP) is 4.56. The maximum atomic E-state index is 5.91. The fourth-order valence-electron chi connectivity index (χ4n) is 2.29. The zero-order valence-electron chi connectivity index (χ0n) is 13.1. The number of rotatable bonds is 5. The Morgan fingerprint density at radius 2 is 1.52 bits per heavy atom. The topological polar surface area (TPSA) is 38.7 Å². The van der Waals surface area contributed by atoms with Crippen molar-refractivity contribution in [3.8, 4) is 0 Å². The molecule has 112 valence electrons. The van der Waals surface area contributed by atoms with E-state index in [9.17, 15) is 0 Å². The van der Waals surface area contributed by atoms with Crippen LogP contribution < -0.4 is 0 Å². The lowest BCUT2D eigenvalue weighted by molar-refractivity contribution is 0.357. The van der Waals surface area contributed by atoms with Crippen LogP contribution in [0, 0.1) is 0 Å². The van der Waals surface area contributed by atoms with E-state index in [2.05, 4.69) is 42.6 Å². The molecule has 0 atom stereocenters. The lowest BCUT2D eigenvalue weighted by Gasteiger charge is -2.30. The average Bonchev–Trinajstić information content (AvgIpc) is 2.47. The monoisotopic (exact) mass is 303 g/mol. The molecule has 2 heterocycles. The van der Waals surface area contributed by atoms with Gasteiger partial charge in [0.05, 0.1) is 5.02 Å². The highest BCUT2D eigenvalue weighted by atomic mass is 35.5. The van der Waals surface area contributed by atoms with Crippen LogP contribution in [0.25, 0.3) is 0 Å². The summed E-state index contributed by atoms with van der Waals surface area (Å²) < 4.78 is 0. The van der Waals surface area contributed by atoms with Gasteiger partial charge < -0.3 is 0 Å². The number of hydrogen-bond donors (Lipinski definition) is 0. The minimum Gasteiger partial charge on any atom is -0.259 e. The fraction of sp³-hybridized carbons (Fsp3) is 0.471. The lowest BCUT2D eigenvalue weighted by atomic mass is 9.76. The fourth-order valence-corrected chi connectivity index (χ4v) is 2.40. The van der Waals surface area contributed by atoms with E-state index >= 15 is 0 Å². The summed E-state index contributed by atoms with van der Waals surface area (Å²) in [6.45, 7) is 8.80. The van der Waals surface area contributed by atoms with Crippen molar-refractivity contribution in [2.24, 2.45) is 0 Å². The molecule has 3 nitrogen and oxygen atoms in total. The maximum Gasteiger partial charge on any atom is 0.133 e. The van der Waals surface area contributed by atoms with Gasteiger partial charge in [-0.25, -0.2) is 9.97 Å². The van der Waals surface area contributed by atoms with Crippen molar-refractivity contribution in [1.82, 2.24) is 15.0 Å². The Hall–Kier alpha value is -1.48. The van der Waals surface area contributed by atoms with Crippen molar-refractivity contribution < 1.29 is 0 Å². The summed E-state index contributed by atoms with van der Waals surface area (Å²) in [5.41, 5.74) is 1.01. The first-order chi connectivity index (χ1) is 9.81. The van der Waals surface area contributed by atoms with Crippen LogP contribution in [0.3, 0.4) is 0 Å². The van der Waals surface area contributed by atoms with E-state index in [0.717, 1.165) is 24.4 Å². The second-order valence-corrected chi connectivity index (χ2v) is 7.14. The molecular formula is C17H22ClN3. The number of pyridine rings is 1. The maximum absolute atomic E-state index is 5.91. The third-order valence-corrected chi connectivity index (χ3v) is 4.19. The smallest absolute Gasteiger partial charge is 0.133 e. The van der Waals surface area contributed by atoms with Gasteiger partial charge in [0.15, 0.2) is 0 Å². The molecule has 0 aromatic carbocycles. The molecule has 0 N–H and O–H groups in total. The van der Waals surface area contributed by atoms with E-state index in [4.69, 9.17) is 11.6 Å². The molecule has 0 amide bonds. The third kappa shape index (κ3) is 4.01. The first-order valence-electron chi connectivity index (χ1n) is 7.21. The first-order valence-corrected chi connectivity index (χ1v) is 7.59. The summed E-state index contributed by atoms with van der Waals surface area (Å²) >= 11 is 5.91. The van der Waals surface area contributed by atoms with Crippen molar-refractivity contribution in [3.05, 3.63) is 53.3 Å². The van der Waals surface area contributed by atoms with Crippen molar-refractivity contribution in [3.63, 3.8) is 0 Å². The Bertz CT molecular complexity index is 577. The highest BCUT2D eigenvalue weighted by molar-refractivity contribution is 6.30. The van der Waals surface area contributed by atoms with E-state index in [0.29, 0.717) is 5.02 Å². The SMILES string of the molecule is CC(C)(CCC(C)(C)c1ncccn1)c1ccc(Cl)cn1. The van der Waals surface area contributed by atoms with Gasteiger partial charge in [-0.15, -0.1) is 0 Å². The molecular weight excluding hydrogens is 282 g/mol. The Balaban J connectivity index is 2.09. The van der Waals surface area contributed by atoms with Gasteiger partial charge >= 0.3 is 0 Å². The summed E-state index contributed by atoms with van der Waals surface area (Å²) in [5, 5.41) is 0.674. The van der Waals surface area contributed by atoms with Crippen LogP contribution in [0.4, 0.5) is 0 Å². The van der Waals surface area contributed by atoms with E-state index in [-0.39, 0.29) is 10.8 Å². The molecule has 0 aliphatic rings. The van der Waals surface area contributed by atoms with Gasteiger partial charge in [-0.05, 0) is 31.0 Å². The van der Waals surface area contributed by atoms with Crippen molar-refractivity contribution in [2.75, 3.05) is 0 Å². The molecule has 0 unspecified atom stereocenters. The van der Waals surface area contributed by atoms with Gasteiger partial charge in [0.2, 0.25) is 0 Å². The summed E-state index contributed by atoms with van der Waals surface area (Å²) in [6, 6.07) is 5.76. The molecule has 0 fully saturated rings. The van der Waals surface area contributed by atoms with Crippen molar-refractivity contribution in [1.29, 1.82) is 0 Å². The largest absolute Gasteiger partial charge is 0.259 e. The molecule has 0 saturated heterocycles. The third-order valence-electron chi connectivity index (χ3n) is 3.97. The lowest BCUT2D eigenvalue weighted by Crippen LogP contribution is -2.26. The molecule has 0 radical (unpaired) electrons. The van der Waals surface area contributed by atoms with E-state index in [1.54, 1.807) is 18.6 Å². The molecule has 2 aromatic rings. The van der Waals surface area contributed by atoms with Crippen LogP contribution in [0.2, 0.25) is 5.02 Å². The Kier molecular flexibility index (Phi) is 4.62. The van der Waals surface area contributed by atoms with Crippen molar-refractivity contribution in [2.45, 2.75) is 51.4 Å². The van der Waals surface area contributed by atoms with Gasteiger partial charge in [-0.2, -0.15) is 0 Å². The Labute approximate surface area is 131 Å². The van der Waals surface area contributed by atoms with Gasteiger partial charge in [0.1, 0.15) is 5.82 Å². The molecule has 0 bridgehead atoms. The zero-order valence-corrected chi connectivity index (χ0v) is 13.9. The predicted molar refractivity (Wildman–Crippen MR) is 86.6 cm³/mol.